The Labute approximate surface area is 177 Å². The van der Waals surface area contributed by atoms with Crippen LogP contribution >= 0.6 is 0 Å². The molecule has 0 aromatic carbocycles. The molecule has 0 heterocycles. The Bertz CT molecular complexity index is 650. The third-order valence-corrected chi connectivity index (χ3v) is 9.15. The molecule has 3 nitrogen and oxygen atoms in total. The lowest BCUT2D eigenvalue weighted by Crippen LogP contribution is -2.53. The van der Waals surface area contributed by atoms with Crippen molar-refractivity contribution in [3.8, 4) is 0 Å². The van der Waals surface area contributed by atoms with Crippen LogP contribution < -0.4 is 5.11 Å². The van der Waals surface area contributed by atoms with Gasteiger partial charge in [-0.2, -0.15) is 0 Å². The van der Waals surface area contributed by atoms with Gasteiger partial charge in [0.2, 0.25) is 0 Å². The van der Waals surface area contributed by atoms with Crippen LogP contribution in [0.2, 0.25) is 0 Å². The highest BCUT2D eigenvalue weighted by Crippen LogP contribution is 2.64. The van der Waals surface area contributed by atoms with Gasteiger partial charge in [0, 0.05) is 18.3 Å². The second-order valence-corrected chi connectivity index (χ2v) is 11.4. The number of ketones is 1. The molecule has 164 valence electrons. The van der Waals surface area contributed by atoms with E-state index in [2.05, 4.69) is 34.6 Å². The van der Waals surface area contributed by atoms with Crippen LogP contribution in [0.1, 0.15) is 92.4 Å². The molecule has 7 atom stereocenters. The zero-order valence-corrected chi connectivity index (χ0v) is 19.2. The standard InChI is InChI=1S/C26H42O3/c1-17(2)7-6-8-18(3)20-9-10-22-23(24(28)29)21(13-16-26(20,22)5)25(4)14-11-19(27)12-15-25/h11,14,17-18,20-23H,6-10,12-13,15-16H2,1-5H3,(H,28,29)/p-1/t18-,20-,21-,22-,23-,25+,26+/m0/s1. The van der Waals surface area contributed by atoms with Gasteiger partial charge in [0.25, 0.3) is 0 Å². The average Bonchev–Trinajstić information content (AvgIpc) is 3.00. The van der Waals surface area contributed by atoms with Gasteiger partial charge in [0.15, 0.2) is 5.78 Å². The summed E-state index contributed by atoms with van der Waals surface area (Å²) in [6, 6.07) is 0. The summed E-state index contributed by atoms with van der Waals surface area (Å²) in [6.45, 7) is 11.5. The smallest absolute Gasteiger partial charge is 0.155 e. The van der Waals surface area contributed by atoms with E-state index in [1.165, 1.54) is 19.3 Å². The van der Waals surface area contributed by atoms with Gasteiger partial charge in [-0.1, -0.05) is 60.0 Å². The maximum absolute atomic E-state index is 12.4. The summed E-state index contributed by atoms with van der Waals surface area (Å²) in [5, 5.41) is 12.4. The molecule has 3 rings (SSSR count). The molecule has 2 fully saturated rings. The quantitative estimate of drug-likeness (QED) is 0.590. The average molecular weight is 402 g/mol. The van der Waals surface area contributed by atoms with E-state index in [-0.39, 0.29) is 34.4 Å². The van der Waals surface area contributed by atoms with Crippen molar-refractivity contribution in [1.29, 1.82) is 0 Å². The molecule has 0 spiro atoms. The van der Waals surface area contributed by atoms with Crippen LogP contribution in [-0.4, -0.2) is 11.8 Å². The Hall–Kier alpha value is -1.12. The number of hydrogen-bond donors (Lipinski definition) is 0. The van der Waals surface area contributed by atoms with Crippen molar-refractivity contribution in [3.63, 3.8) is 0 Å². The van der Waals surface area contributed by atoms with Crippen molar-refractivity contribution in [2.24, 2.45) is 46.3 Å². The Morgan fingerprint density at radius 2 is 1.83 bits per heavy atom. The number of aliphatic carboxylic acids is 1. The Morgan fingerprint density at radius 3 is 2.41 bits per heavy atom. The van der Waals surface area contributed by atoms with E-state index < -0.39 is 5.97 Å². The van der Waals surface area contributed by atoms with Crippen LogP contribution in [0.3, 0.4) is 0 Å². The van der Waals surface area contributed by atoms with Crippen LogP contribution in [0.5, 0.6) is 0 Å². The van der Waals surface area contributed by atoms with Crippen LogP contribution in [0.4, 0.5) is 0 Å². The first kappa shape index (κ1) is 22.6. The molecule has 0 aliphatic heterocycles. The van der Waals surface area contributed by atoms with Crippen LogP contribution in [0.15, 0.2) is 12.2 Å². The molecule has 3 aliphatic carbocycles. The summed E-state index contributed by atoms with van der Waals surface area (Å²) in [7, 11) is 0. The normalized spacial score (nSPS) is 40.8. The first-order valence-electron chi connectivity index (χ1n) is 12.0. The Balaban J connectivity index is 1.79. The highest BCUT2D eigenvalue weighted by Gasteiger charge is 2.57. The second kappa shape index (κ2) is 8.55. The van der Waals surface area contributed by atoms with E-state index >= 15 is 0 Å². The van der Waals surface area contributed by atoms with Gasteiger partial charge in [-0.15, -0.1) is 0 Å². The van der Waals surface area contributed by atoms with Crippen molar-refractivity contribution < 1.29 is 14.7 Å². The summed E-state index contributed by atoms with van der Waals surface area (Å²) < 4.78 is 0. The van der Waals surface area contributed by atoms with E-state index in [1.807, 2.05) is 6.08 Å². The molecule has 2 saturated carbocycles. The van der Waals surface area contributed by atoms with E-state index in [0.29, 0.717) is 18.3 Å². The lowest BCUT2D eigenvalue weighted by Gasteiger charge is -2.54. The molecule has 3 aliphatic rings. The van der Waals surface area contributed by atoms with Gasteiger partial charge in [0.05, 0.1) is 0 Å². The zero-order chi connectivity index (χ0) is 21.4. The minimum Gasteiger partial charge on any atom is -0.550 e. The predicted molar refractivity (Wildman–Crippen MR) is 115 cm³/mol. The highest BCUT2D eigenvalue weighted by molar-refractivity contribution is 5.90. The molecular weight excluding hydrogens is 360 g/mol. The fourth-order valence-electron chi connectivity index (χ4n) is 7.38. The predicted octanol–water partition coefficient (Wildman–Crippen LogP) is 5.18. The number of rotatable bonds is 7. The fraction of sp³-hybridized carbons (Fsp3) is 0.846. The summed E-state index contributed by atoms with van der Waals surface area (Å²) >= 11 is 0. The molecule has 0 unspecified atom stereocenters. The van der Waals surface area contributed by atoms with Gasteiger partial charge < -0.3 is 9.90 Å². The van der Waals surface area contributed by atoms with E-state index in [9.17, 15) is 14.7 Å². The van der Waals surface area contributed by atoms with Crippen molar-refractivity contribution in [1.82, 2.24) is 0 Å². The van der Waals surface area contributed by atoms with Gasteiger partial charge in [-0.3, -0.25) is 4.79 Å². The van der Waals surface area contributed by atoms with Gasteiger partial charge in [-0.05, 0) is 78.6 Å². The number of carboxylic acids is 1. The monoisotopic (exact) mass is 401 g/mol. The Morgan fingerprint density at radius 1 is 1.10 bits per heavy atom. The van der Waals surface area contributed by atoms with E-state index in [1.54, 1.807) is 6.08 Å². The fourth-order valence-corrected chi connectivity index (χ4v) is 7.38. The highest BCUT2D eigenvalue weighted by atomic mass is 16.4. The van der Waals surface area contributed by atoms with Crippen molar-refractivity contribution in [3.05, 3.63) is 12.2 Å². The summed E-state index contributed by atoms with van der Waals surface area (Å²) in [5.41, 5.74) is -0.0794. The third kappa shape index (κ3) is 4.35. The van der Waals surface area contributed by atoms with E-state index in [4.69, 9.17) is 0 Å². The second-order valence-electron chi connectivity index (χ2n) is 11.4. The molecule has 0 aromatic heterocycles. The molecule has 0 aromatic rings. The number of carbonyl (C=O) groups excluding carboxylic acids is 2. The number of hydrogen-bond acceptors (Lipinski definition) is 3. The topological polar surface area (TPSA) is 57.2 Å². The summed E-state index contributed by atoms with van der Waals surface area (Å²) in [4.78, 5) is 24.1. The molecular formula is C26H41O3-. The van der Waals surface area contributed by atoms with Crippen molar-refractivity contribution >= 4 is 11.8 Å². The SMILES string of the molecule is CC(C)CCC[C@H](C)[C@@H]1CC[C@H]2[C@@H](C(=O)[O-])[C@@H]([C@]3(C)C=CC(=O)CC3)CC[C@@]21C. The molecule has 0 radical (unpaired) electrons. The molecule has 0 bridgehead atoms. The number of allylic oxidation sites excluding steroid dienone is 2. The van der Waals surface area contributed by atoms with Crippen molar-refractivity contribution in [2.75, 3.05) is 0 Å². The minimum atomic E-state index is -0.856. The third-order valence-electron chi connectivity index (χ3n) is 9.15. The number of carbonyl (C=O) groups is 2. The molecule has 0 saturated heterocycles. The minimum absolute atomic E-state index is 0.0879. The summed E-state index contributed by atoms with van der Waals surface area (Å²) in [5.74, 6) is 1.27. The largest absolute Gasteiger partial charge is 0.550 e. The van der Waals surface area contributed by atoms with Gasteiger partial charge in [0.1, 0.15) is 0 Å². The van der Waals surface area contributed by atoms with Crippen LogP contribution in [-0.2, 0) is 9.59 Å². The van der Waals surface area contributed by atoms with Crippen LogP contribution in [0, 0.1) is 46.3 Å². The van der Waals surface area contributed by atoms with Crippen molar-refractivity contribution in [2.45, 2.75) is 92.4 Å². The first-order valence-corrected chi connectivity index (χ1v) is 12.0. The molecule has 0 N–H and O–H groups in total. The number of fused-ring (bicyclic) bond motifs is 1. The summed E-state index contributed by atoms with van der Waals surface area (Å²) in [6.07, 6.45) is 13.1. The van der Waals surface area contributed by atoms with Crippen LogP contribution in [0.25, 0.3) is 0 Å². The maximum Gasteiger partial charge on any atom is 0.155 e. The molecule has 3 heteroatoms. The molecule has 0 amide bonds. The van der Waals surface area contributed by atoms with Gasteiger partial charge in [-0.25, -0.2) is 0 Å². The first-order chi connectivity index (χ1) is 13.6. The lowest BCUT2D eigenvalue weighted by molar-refractivity contribution is -0.319. The Kier molecular flexibility index (Phi) is 6.65. The zero-order valence-electron chi connectivity index (χ0n) is 19.2. The lowest BCUT2D eigenvalue weighted by atomic mass is 9.51. The number of carboxylic acid groups (broad SMARTS) is 1. The van der Waals surface area contributed by atoms with Gasteiger partial charge >= 0.3 is 0 Å². The molecule has 29 heavy (non-hydrogen) atoms. The maximum atomic E-state index is 12.4. The van der Waals surface area contributed by atoms with E-state index in [0.717, 1.165) is 38.0 Å².